The summed E-state index contributed by atoms with van der Waals surface area (Å²) in [5.74, 6) is -0.428. The first kappa shape index (κ1) is 28.9. The van der Waals surface area contributed by atoms with E-state index < -0.39 is 5.97 Å². The van der Waals surface area contributed by atoms with Crippen LogP contribution in [0.15, 0.2) is 152 Å². The number of benzene rings is 6. The molecule has 228 valence electrons. The van der Waals surface area contributed by atoms with E-state index >= 15 is 0 Å². The zero-order valence-electron chi connectivity index (χ0n) is 26.0. The summed E-state index contributed by atoms with van der Waals surface area (Å²) >= 11 is 0. The third-order valence-electron chi connectivity index (χ3n) is 8.39. The third-order valence-corrected chi connectivity index (χ3v) is 8.39. The molecule has 0 saturated carbocycles. The van der Waals surface area contributed by atoms with Crippen LogP contribution in [0.2, 0.25) is 0 Å². The van der Waals surface area contributed by atoms with Gasteiger partial charge in [0.1, 0.15) is 0 Å². The standard InChI is InChI=1S/C42H28N4O2/c1-48-42(47)33-20-12-11-19-32(33)41-40(29-17-9-4-10-18-29)44-35-24-22-31(26-37(35)46-41)30-21-23-34-36(25-30)45-39(28-15-7-3-8-16-28)38(43-34)27-13-5-2-6-14-27/h2-26H,1H3. The van der Waals surface area contributed by atoms with E-state index in [0.29, 0.717) is 28.0 Å². The Kier molecular flexibility index (Phi) is 7.43. The van der Waals surface area contributed by atoms with E-state index in [1.165, 1.54) is 7.11 Å². The third kappa shape index (κ3) is 5.35. The molecule has 6 aromatic carbocycles. The van der Waals surface area contributed by atoms with Gasteiger partial charge in [-0.15, -0.1) is 0 Å². The van der Waals surface area contributed by atoms with E-state index in [0.717, 1.165) is 55.8 Å². The van der Waals surface area contributed by atoms with Crippen molar-refractivity contribution in [1.29, 1.82) is 0 Å². The van der Waals surface area contributed by atoms with Crippen LogP contribution in [0, 0.1) is 0 Å². The molecular formula is C42H28N4O2. The van der Waals surface area contributed by atoms with Crippen molar-refractivity contribution in [3.63, 3.8) is 0 Å². The summed E-state index contributed by atoms with van der Waals surface area (Å²) < 4.78 is 5.11. The van der Waals surface area contributed by atoms with Crippen LogP contribution < -0.4 is 0 Å². The zero-order chi connectivity index (χ0) is 32.5. The van der Waals surface area contributed by atoms with Crippen LogP contribution in [0.3, 0.4) is 0 Å². The van der Waals surface area contributed by atoms with Gasteiger partial charge in [-0.2, -0.15) is 0 Å². The number of ether oxygens (including phenoxy) is 1. The van der Waals surface area contributed by atoms with Crippen LogP contribution in [0.5, 0.6) is 0 Å². The molecule has 2 heterocycles. The molecule has 8 aromatic rings. The highest BCUT2D eigenvalue weighted by molar-refractivity contribution is 6.00. The predicted molar refractivity (Wildman–Crippen MR) is 191 cm³/mol. The summed E-state index contributed by atoms with van der Waals surface area (Å²) in [7, 11) is 1.38. The Morgan fingerprint density at radius 2 is 0.812 bits per heavy atom. The Bertz CT molecular complexity index is 2450. The first-order valence-corrected chi connectivity index (χ1v) is 15.6. The molecule has 8 rings (SSSR count). The van der Waals surface area contributed by atoms with Crippen molar-refractivity contribution < 1.29 is 9.53 Å². The lowest BCUT2D eigenvalue weighted by atomic mass is 9.98. The minimum atomic E-state index is -0.428. The highest BCUT2D eigenvalue weighted by atomic mass is 16.5. The van der Waals surface area contributed by atoms with E-state index in [4.69, 9.17) is 24.7 Å². The molecule has 0 aliphatic rings. The number of rotatable bonds is 6. The van der Waals surface area contributed by atoms with Crippen LogP contribution in [-0.4, -0.2) is 33.0 Å². The van der Waals surface area contributed by atoms with Gasteiger partial charge in [0.2, 0.25) is 0 Å². The van der Waals surface area contributed by atoms with Crippen molar-refractivity contribution >= 4 is 28.0 Å². The Morgan fingerprint density at radius 1 is 0.417 bits per heavy atom. The lowest BCUT2D eigenvalue weighted by Gasteiger charge is -2.14. The first-order valence-electron chi connectivity index (χ1n) is 15.6. The minimum Gasteiger partial charge on any atom is -0.465 e. The molecule has 0 spiro atoms. The zero-order valence-corrected chi connectivity index (χ0v) is 26.0. The average molecular weight is 621 g/mol. The van der Waals surface area contributed by atoms with E-state index in [-0.39, 0.29) is 0 Å². The topological polar surface area (TPSA) is 77.9 Å². The number of nitrogens with zero attached hydrogens (tertiary/aromatic N) is 4. The van der Waals surface area contributed by atoms with Gasteiger partial charge in [0, 0.05) is 22.3 Å². The number of hydrogen-bond donors (Lipinski definition) is 0. The molecule has 2 aromatic heterocycles. The monoisotopic (exact) mass is 620 g/mol. The molecule has 48 heavy (non-hydrogen) atoms. The average Bonchev–Trinajstić information content (AvgIpc) is 3.17. The van der Waals surface area contributed by atoms with Crippen LogP contribution in [0.4, 0.5) is 0 Å². The van der Waals surface area contributed by atoms with Crippen molar-refractivity contribution in [3.05, 3.63) is 157 Å². The number of carbonyl (C=O) groups is 1. The van der Waals surface area contributed by atoms with Crippen molar-refractivity contribution in [2.24, 2.45) is 0 Å². The van der Waals surface area contributed by atoms with Gasteiger partial charge in [-0.25, -0.2) is 24.7 Å². The van der Waals surface area contributed by atoms with Gasteiger partial charge in [-0.3, -0.25) is 0 Å². The Balaban J connectivity index is 1.28. The molecule has 0 bridgehead atoms. The SMILES string of the molecule is COC(=O)c1ccccc1-c1nc2cc(-c3ccc4nc(-c5ccccc5)c(-c5ccccc5)nc4c3)ccc2nc1-c1ccccc1. The van der Waals surface area contributed by atoms with Gasteiger partial charge in [0.05, 0.1) is 57.5 Å². The van der Waals surface area contributed by atoms with Crippen molar-refractivity contribution in [2.75, 3.05) is 7.11 Å². The summed E-state index contributed by atoms with van der Waals surface area (Å²) in [6.45, 7) is 0. The molecule has 6 heteroatoms. The molecule has 0 aliphatic heterocycles. The van der Waals surface area contributed by atoms with Gasteiger partial charge in [-0.1, -0.05) is 121 Å². The number of hydrogen-bond acceptors (Lipinski definition) is 6. The van der Waals surface area contributed by atoms with Crippen LogP contribution in [0.1, 0.15) is 10.4 Å². The Hall–Kier alpha value is -6.53. The van der Waals surface area contributed by atoms with E-state index in [1.807, 2.05) is 103 Å². The van der Waals surface area contributed by atoms with E-state index in [1.54, 1.807) is 6.07 Å². The molecule has 0 aliphatic carbocycles. The summed E-state index contributed by atoms with van der Waals surface area (Å²) in [4.78, 5) is 33.3. The molecule has 0 N–H and O–H groups in total. The maximum atomic E-state index is 12.8. The van der Waals surface area contributed by atoms with Crippen LogP contribution in [-0.2, 0) is 4.74 Å². The summed E-state index contributed by atoms with van der Waals surface area (Å²) in [5.41, 5.74) is 12.0. The number of aromatic nitrogens is 4. The first-order chi connectivity index (χ1) is 23.7. The van der Waals surface area contributed by atoms with Crippen LogP contribution in [0.25, 0.3) is 78.2 Å². The molecule has 0 atom stereocenters. The second-order valence-electron chi connectivity index (χ2n) is 11.4. The molecule has 0 saturated heterocycles. The van der Waals surface area contributed by atoms with Gasteiger partial charge >= 0.3 is 5.97 Å². The number of fused-ring (bicyclic) bond motifs is 2. The predicted octanol–water partition coefficient (Wildman–Crippen LogP) is 9.69. The lowest BCUT2D eigenvalue weighted by Crippen LogP contribution is -2.05. The van der Waals surface area contributed by atoms with Gasteiger partial charge in [0.25, 0.3) is 0 Å². The van der Waals surface area contributed by atoms with Gasteiger partial charge in [-0.05, 0) is 41.5 Å². The molecule has 0 amide bonds. The van der Waals surface area contributed by atoms with E-state index in [2.05, 4.69) is 42.5 Å². The number of esters is 1. The smallest absolute Gasteiger partial charge is 0.338 e. The second kappa shape index (κ2) is 12.3. The fourth-order valence-corrected chi connectivity index (χ4v) is 6.03. The van der Waals surface area contributed by atoms with Crippen molar-refractivity contribution in [1.82, 2.24) is 19.9 Å². The number of methoxy groups -OCH3 is 1. The highest BCUT2D eigenvalue weighted by Crippen LogP contribution is 2.36. The van der Waals surface area contributed by atoms with Crippen molar-refractivity contribution in [2.45, 2.75) is 0 Å². The minimum absolute atomic E-state index is 0.428. The number of carbonyl (C=O) groups excluding carboxylic acids is 1. The molecule has 0 unspecified atom stereocenters. The Morgan fingerprint density at radius 3 is 1.29 bits per heavy atom. The quantitative estimate of drug-likeness (QED) is 0.172. The van der Waals surface area contributed by atoms with Gasteiger partial charge in [0.15, 0.2) is 0 Å². The normalized spacial score (nSPS) is 11.1. The maximum absolute atomic E-state index is 12.8. The largest absolute Gasteiger partial charge is 0.465 e. The molecule has 6 nitrogen and oxygen atoms in total. The van der Waals surface area contributed by atoms with E-state index in [9.17, 15) is 4.79 Å². The summed E-state index contributed by atoms with van der Waals surface area (Å²) in [6.07, 6.45) is 0. The Labute approximate surface area is 277 Å². The highest BCUT2D eigenvalue weighted by Gasteiger charge is 2.20. The molecule has 0 fully saturated rings. The molecule has 0 radical (unpaired) electrons. The fraction of sp³-hybridized carbons (Fsp3) is 0.0238. The maximum Gasteiger partial charge on any atom is 0.338 e. The lowest BCUT2D eigenvalue weighted by molar-refractivity contribution is 0.0601. The second-order valence-corrected chi connectivity index (χ2v) is 11.4. The molecular weight excluding hydrogens is 592 g/mol. The van der Waals surface area contributed by atoms with Crippen molar-refractivity contribution in [3.8, 4) is 56.2 Å². The fourth-order valence-electron chi connectivity index (χ4n) is 6.03. The summed E-state index contributed by atoms with van der Waals surface area (Å²) in [5, 5.41) is 0. The van der Waals surface area contributed by atoms with Crippen LogP contribution >= 0.6 is 0 Å². The summed E-state index contributed by atoms with van der Waals surface area (Å²) in [6, 6.07) is 49.8. The van der Waals surface area contributed by atoms with Gasteiger partial charge < -0.3 is 4.74 Å².